The van der Waals surface area contributed by atoms with Crippen LogP contribution in [0.3, 0.4) is 0 Å². The largest absolute Gasteiger partial charge is 0.350 e. The molecule has 2 aliphatic heterocycles. The van der Waals surface area contributed by atoms with Gasteiger partial charge in [-0.05, 0) is 23.8 Å². The smallest absolute Gasteiger partial charge is 0.158 e. The van der Waals surface area contributed by atoms with Crippen molar-refractivity contribution in [3.05, 3.63) is 0 Å². The third-order valence-electron chi connectivity index (χ3n) is 2.62. The molecule has 0 spiro atoms. The van der Waals surface area contributed by atoms with E-state index in [0.717, 1.165) is 12.3 Å². The lowest BCUT2D eigenvalue weighted by Crippen LogP contribution is -2.23. The van der Waals surface area contributed by atoms with Gasteiger partial charge in [-0.15, -0.1) is 0 Å². The molecule has 0 radical (unpaired) electrons. The second-order valence-corrected chi connectivity index (χ2v) is 4.87. The second-order valence-electron chi connectivity index (χ2n) is 3.72. The molecule has 0 amide bonds. The monoisotopic (exact) mass is 203 g/mol. The summed E-state index contributed by atoms with van der Waals surface area (Å²) in [6.07, 6.45) is 2.54. The van der Waals surface area contributed by atoms with Crippen molar-refractivity contribution in [2.45, 2.75) is 25.2 Å². The number of thioether (sulfide) groups is 1. The first-order chi connectivity index (χ1) is 6.38. The van der Waals surface area contributed by atoms with E-state index in [1.165, 1.54) is 17.9 Å². The average molecular weight is 203 g/mol. The van der Waals surface area contributed by atoms with Crippen molar-refractivity contribution < 1.29 is 9.47 Å². The molecule has 4 heteroatoms. The first-order valence-corrected chi connectivity index (χ1v) is 6.09. The SMILES string of the molecule is NCC1COC(CC2CCSC2)O1. The van der Waals surface area contributed by atoms with Gasteiger partial charge in [-0.1, -0.05) is 0 Å². The topological polar surface area (TPSA) is 44.5 Å². The minimum atomic E-state index is 0.0252. The zero-order valence-electron chi connectivity index (χ0n) is 7.78. The summed E-state index contributed by atoms with van der Waals surface area (Å²) in [5.41, 5.74) is 5.50. The highest BCUT2D eigenvalue weighted by atomic mass is 32.2. The molecule has 0 bridgehead atoms. The molecule has 3 nitrogen and oxygen atoms in total. The van der Waals surface area contributed by atoms with E-state index in [1.54, 1.807) is 0 Å². The molecule has 3 unspecified atom stereocenters. The molecule has 2 aliphatic rings. The summed E-state index contributed by atoms with van der Waals surface area (Å²) in [4.78, 5) is 0. The number of hydrogen-bond acceptors (Lipinski definition) is 4. The van der Waals surface area contributed by atoms with Crippen molar-refractivity contribution in [1.82, 2.24) is 0 Å². The summed E-state index contributed by atoms with van der Waals surface area (Å²) in [6, 6.07) is 0. The minimum Gasteiger partial charge on any atom is -0.350 e. The molecule has 2 saturated heterocycles. The maximum atomic E-state index is 5.62. The summed E-state index contributed by atoms with van der Waals surface area (Å²) < 4.78 is 11.1. The minimum absolute atomic E-state index is 0.0252. The van der Waals surface area contributed by atoms with Crippen LogP contribution in [0.4, 0.5) is 0 Å². The summed E-state index contributed by atoms with van der Waals surface area (Å²) in [7, 11) is 0. The van der Waals surface area contributed by atoms with Gasteiger partial charge in [0.15, 0.2) is 6.29 Å². The van der Waals surface area contributed by atoms with Crippen molar-refractivity contribution >= 4 is 11.8 Å². The molecule has 2 N–H and O–H groups in total. The lowest BCUT2D eigenvalue weighted by molar-refractivity contribution is -0.0681. The molecule has 2 heterocycles. The van der Waals surface area contributed by atoms with Crippen LogP contribution in [0, 0.1) is 5.92 Å². The van der Waals surface area contributed by atoms with E-state index in [1.807, 2.05) is 11.8 Å². The Balaban J connectivity index is 1.70. The quantitative estimate of drug-likeness (QED) is 0.738. The van der Waals surface area contributed by atoms with Crippen LogP contribution < -0.4 is 5.73 Å². The molecule has 0 aromatic rings. The highest BCUT2D eigenvalue weighted by molar-refractivity contribution is 7.99. The Labute approximate surface area is 83.3 Å². The van der Waals surface area contributed by atoms with Crippen LogP contribution in [0.2, 0.25) is 0 Å². The van der Waals surface area contributed by atoms with Gasteiger partial charge < -0.3 is 15.2 Å². The number of hydrogen-bond donors (Lipinski definition) is 1. The summed E-state index contributed by atoms with van der Waals surface area (Å²) in [5.74, 6) is 3.38. The first-order valence-electron chi connectivity index (χ1n) is 4.93. The maximum Gasteiger partial charge on any atom is 0.158 e. The zero-order valence-corrected chi connectivity index (χ0v) is 8.59. The van der Waals surface area contributed by atoms with E-state index in [9.17, 15) is 0 Å². The Hall–Kier alpha value is 0.230. The van der Waals surface area contributed by atoms with Crippen LogP contribution in [0.15, 0.2) is 0 Å². The van der Waals surface area contributed by atoms with E-state index in [-0.39, 0.29) is 12.4 Å². The molecule has 76 valence electrons. The molecular formula is C9H17NO2S. The van der Waals surface area contributed by atoms with E-state index in [4.69, 9.17) is 15.2 Å². The third-order valence-corrected chi connectivity index (χ3v) is 3.86. The fraction of sp³-hybridized carbons (Fsp3) is 1.00. The van der Waals surface area contributed by atoms with E-state index >= 15 is 0 Å². The molecule has 3 atom stereocenters. The molecule has 13 heavy (non-hydrogen) atoms. The van der Waals surface area contributed by atoms with Crippen molar-refractivity contribution in [2.24, 2.45) is 11.7 Å². The first kappa shape index (κ1) is 9.77. The van der Waals surface area contributed by atoms with Crippen LogP contribution in [-0.2, 0) is 9.47 Å². The van der Waals surface area contributed by atoms with Gasteiger partial charge in [0, 0.05) is 13.0 Å². The highest BCUT2D eigenvalue weighted by Gasteiger charge is 2.28. The normalized spacial score (nSPS) is 39.9. The predicted octanol–water partition coefficient (Wildman–Crippen LogP) is 0.830. The molecule has 2 fully saturated rings. The van der Waals surface area contributed by atoms with E-state index in [0.29, 0.717) is 13.2 Å². The molecule has 0 saturated carbocycles. The van der Waals surface area contributed by atoms with Gasteiger partial charge in [-0.3, -0.25) is 0 Å². The second kappa shape index (κ2) is 4.64. The molecule has 0 aromatic heterocycles. The van der Waals surface area contributed by atoms with Crippen LogP contribution >= 0.6 is 11.8 Å². The lowest BCUT2D eigenvalue weighted by Gasteiger charge is -2.14. The van der Waals surface area contributed by atoms with Crippen LogP contribution in [-0.4, -0.2) is 37.1 Å². The Bertz CT molecular complexity index is 162. The van der Waals surface area contributed by atoms with E-state index in [2.05, 4.69) is 0 Å². The van der Waals surface area contributed by atoms with Crippen molar-refractivity contribution in [2.75, 3.05) is 24.7 Å². The maximum absolute atomic E-state index is 5.62. The van der Waals surface area contributed by atoms with Crippen LogP contribution in [0.1, 0.15) is 12.8 Å². The van der Waals surface area contributed by atoms with Crippen LogP contribution in [0.25, 0.3) is 0 Å². The van der Waals surface area contributed by atoms with Gasteiger partial charge >= 0.3 is 0 Å². The number of nitrogens with two attached hydrogens (primary N) is 1. The zero-order chi connectivity index (χ0) is 9.10. The summed E-state index contributed by atoms with van der Waals surface area (Å²) >= 11 is 2.04. The van der Waals surface area contributed by atoms with Gasteiger partial charge in [-0.25, -0.2) is 0 Å². The van der Waals surface area contributed by atoms with Gasteiger partial charge in [-0.2, -0.15) is 11.8 Å². The van der Waals surface area contributed by atoms with Gasteiger partial charge in [0.1, 0.15) is 0 Å². The summed E-state index contributed by atoms with van der Waals surface area (Å²) in [5, 5.41) is 0. The van der Waals surface area contributed by atoms with E-state index < -0.39 is 0 Å². The van der Waals surface area contributed by atoms with Gasteiger partial charge in [0.2, 0.25) is 0 Å². The number of rotatable bonds is 3. The van der Waals surface area contributed by atoms with Crippen molar-refractivity contribution in [3.8, 4) is 0 Å². The number of ether oxygens (including phenoxy) is 2. The fourth-order valence-corrected chi connectivity index (χ4v) is 3.10. The Morgan fingerprint density at radius 1 is 1.46 bits per heavy atom. The molecule has 0 aliphatic carbocycles. The molecule has 2 rings (SSSR count). The van der Waals surface area contributed by atoms with Crippen molar-refractivity contribution in [1.29, 1.82) is 0 Å². The fourth-order valence-electron chi connectivity index (χ4n) is 1.80. The molecular weight excluding hydrogens is 186 g/mol. The van der Waals surface area contributed by atoms with Crippen LogP contribution in [0.5, 0.6) is 0 Å². The third kappa shape index (κ3) is 2.59. The Morgan fingerprint density at radius 2 is 2.38 bits per heavy atom. The Kier molecular flexibility index (Phi) is 3.49. The lowest BCUT2D eigenvalue weighted by atomic mass is 10.1. The molecule has 0 aromatic carbocycles. The van der Waals surface area contributed by atoms with Gasteiger partial charge in [0.05, 0.1) is 12.7 Å². The standard InChI is InChI=1S/C9H17NO2S/c10-4-8-5-11-9(12-8)3-7-1-2-13-6-7/h7-9H,1-6,10H2. The summed E-state index contributed by atoms with van der Waals surface area (Å²) in [6.45, 7) is 1.26. The highest BCUT2D eigenvalue weighted by Crippen LogP contribution is 2.29. The Morgan fingerprint density at radius 3 is 3.00 bits per heavy atom. The predicted molar refractivity (Wildman–Crippen MR) is 53.7 cm³/mol. The van der Waals surface area contributed by atoms with Gasteiger partial charge in [0.25, 0.3) is 0 Å². The van der Waals surface area contributed by atoms with Crippen molar-refractivity contribution in [3.63, 3.8) is 0 Å². The average Bonchev–Trinajstić information content (AvgIpc) is 2.76.